The van der Waals surface area contributed by atoms with Gasteiger partial charge in [0.2, 0.25) is 0 Å². The lowest BCUT2D eigenvalue weighted by Crippen LogP contribution is -2.20. The number of aromatic nitrogens is 4. The van der Waals surface area contributed by atoms with E-state index < -0.39 is 0 Å². The summed E-state index contributed by atoms with van der Waals surface area (Å²) in [7, 11) is 0. The summed E-state index contributed by atoms with van der Waals surface area (Å²) in [5.41, 5.74) is 3.24. The van der Waals surface area contributed by atoms with Crippen LogP contribution in [-0.4, -0.2) is 25.6 Å². The number of urea groups is 1. The fourth-order valence-corrected chi connectivity index (χ4v) is 2.88. The maximum absolute atomic E-state index is 12.2. The third kappa shape index (κ3) is 3.23. The van der Waals surface area contributed by atoms with Crippen LogP contribution in [0.3, 0.4) is 0 Å². The van der Waals surface area contributed by atoms with Crippen molar-refractivity contribution in [2.24, 2.45) is 5.92 Å². The number of aryl methyl sites for hydroxylation is 2. The largest absolute Gasteiger partial charge is 0.323 e. The minimum atomic E-state index is -0.273. The minimum Gasteiger partial charge on any atom is -0.305 e. The molecule has 0 aliphatic heterocycles. The first-order valence-electron chi connectivity index (χ1n) is 8.15. The Morgan fingerprint density at radius 2 is 2.13 bits per heavy atom. The van der Waals surface area contributed by atoms with E-state index in [0.717, 1.165) is 29.5 Å². The summed E-state index contributed by atoms with van der Waals surface area (Å²) in [5, 5.41) is 14.5. The van der Waals surface area contributed by atoms with Gasteiger partial charge in [0.25, 0.3) is 0 Å². The van der Waals surface area contributed by atoms with Crippen LogP contribution in [0.25, 0.3) is 0 Å². The highest BCUT2D eigenvalue weighted by Crippen LogP contribution is 2.39. The topological polar surface area (TPSA) is 76.8 Å². The summed E-state index contributed by atoms with van der Waals surface area (Å²) in [5.74, 6) is 0.724. The first-order valence-corrected chi connectivity index (χ1v) is 8.15. The molecular formula is C16H24N6O. The molecule has 1 fully saturated rings. The summed E-state index contributed by atoms with van der Waals surface area (Å²) >= 11 is 0. The molecule has 1 atom stereocenters. The molecule has 7 nitrogen and oxygen atoms in total. The lowest BCUT2D eigenvalue weighted by molar-refractivity contribution is 0.262. The van der Waals surface area contributed by atoms with Crippen molar-refractivity contribution in [1.29, 1.82) is 0 Å². The van der Waals surface area contributed by atoms with Crippen molar-refractivity contribution in [3.63, 3.8) is 0 Å². The standard InChI is InChI=1S/C16H24N6O/c1-5-21-12(4)15(10(2)20-21)19-16(23)18-14-8-17-22(9-14)11(3)13-6-7-13/h8-9,11,13H,5-7H2,1-4H3,(H2,18,19,23). The quantitative estimate of drug-likeness (QED) is 0.888. The molecule has 2 aromatic heterocycles. The Kier molecular flexibility index (Phi) is 4.11. The summed E-state index contributed by atoms with van der Waals surface area (Å²) in [6, 6.07) is 0.117. The molecule has 23 heavy (non-hydrogen) atoms. The van der Waals surface area contributed by atoms with E-state index in [-0.39, 0.29) is 6.03 Å². The van der Waals surface area contributed by atoms with Gasteiger partial charge in [0.15, 0.2) is 0 Å². The molecule has 0 saturated heterocycles. The van der Waals surface area contributed by atoms with E-state index in [2.05, 4.69) is 27.8 Å². The summed E-state index contributed by atoms with van der Waals surface area (Å²) < 4.78 is 3.80. The number of amides is 2. The van der Waals surface area contributed by atoms with Crippen LogP contribution in [0, 0.1) is 19.8 Å². The molecule has 1 aliphatic carbocycles. The van der Waals surface area contributed by atoms with Crippen LogP contribution in [0.4, 0.5) is 16.2 Å². The summed E-state index contributed by atoms with van der Waals surface area (Å²) in [6.07, 6.45) is 6.11. The van der Waals surface area contributed by atoms with E-state index in [1.807, 2.05) is 36.3 Å². The SMILES string of the molecule is CCn1nc(C)c(NC(=O)Nc2cnn(C(C)C3CC3)c2)c1C. The molecule has 7 heteroatoms. The van der Waals surface area contributed by atoms with E-state index in [4.69, 9.17) is 0 Å². The normalized spacial score (nSPS) is 15.5. The Morgan fingerprint density at radius 1 is 1.39 bits per heavy atom. The highest BCUT2D eigenvalue weighted by molar-refractivity contribution is 6.00. The van der Waals surface area contributed by atoms with Gasteiger partial charge in [-0.25, -0.2) is 4.79 Å². The number of nitrogens with zero attached hydrogens (tertiary/aromatic N) is 4. The molecular weight excluding hydrogens is 292 g/mol. The highest BCUT2D eigenvalue weighted by atomic mass is 16.2. The molecule has 0 aromatic carbocycles. The minimum absolute atomic E-state index is 0.273. The van der Waals surface area contributed by atoms with Crippen molar-refractivity contribution in [3.05, 3.63) is 23.8 Å². The molecule has 0 spiro atoms. The third-order valence-corrected chi connectivity index (χ3v) is 4.50. The Hall–Kier alpha value is -2.31. The van der Waals surface area contributed by atoms with Crippen LogP contribution >= 0.6 is 0 Å². The van der Waals surface area contributed by atoms with Gasteiger partial charge in [-0.05, 0) is 46.5 Å². The van der Waals surface area contributed by atoms with Crippen LogP contribution < -0.4 is 10.6 Å². The van der Waals surface area contributed by atoms with Crippen molar-refractivity contribution >= 4 is 17.4 Å². The fraction of sp³-hybridized carbons (Fsp3) is 0.562. The van der Waals surface area contributed by atoms with Gasteiger partial charge < -0.3 is 10.6 Å². The third-order valence-electron chi connectivity index (χ3n) is 4.50. The molecule has 2 N–H and O–H groups in total. The van der Waals surface area contributed by atoms with E-state index in [0.29, 0.717) is 11.7 Å². The number of carbonyl (C=O) groups excluding carboxylic acids is 1. The first-order chi connectivity index (χ1) is 11.0. The van der Waals surface area contributed by atoms with Crippen LogP contribution in [0.5, 0.6) is 0 Å². The van der Waals surface area contributed by atoms with Crippen LogP contribution in [0.2, 0.25) is 0 Å². The van der Waals surface area contributed by atoms with Crippen LogP contribution in [0.1, 0.15) is 44.1 Å². The van der Waals surface area contributed by atoms with Gasteiger partial charge in [0.05, 0.1) is 35.0 Å². The Labute approximate surface area is 136 Å². The Bertz CT molecular complexity index is 712. The van der Waals surface area contributed by atoms with E-state index in [9.17, 15) is 4.79 Å². The van der Waals surface area contributed by atoms with Gasteiger partial charge in [0, 0.05) is 12.7 Å². The number of hydrogen-bond donors (Lipinski definition) is 2. The monoisotopic (exact) mass is 316 g/mol. The molecule has 0 bridgehead atoms. The Balaban J connectivity index is 1.64. The van der Waals surface area contributed by atoms with Gasteiger partial charge in [0.1, 0.15) is 0 Å². The molecule has 1 unspecified atom stereocenters. The fourth-order valence-electron chi connectivity index (χ4n) is 2.88. The molecule has 2 heterocycles. The number of carbonyl (C=O) groups is 1. The number of rotatable bonds is 5. The zero-order chi connectivity index (χ0) is 16.6. The average Bonchev–Trinajstić information content (AvgIpc) is 3.22. The average molecular weight is 316 g/mol. The Morgan fingerprint density at radius 3 is 2.74 bits per heavy atom. The maximum Gasteiger partial charge on any atom is 0.323 e. The molecule has 3 rings (SSSR count). The maximum atomic E-state index is 12.2. The van der Waals surface area contributed by atoms with Crippen molar-refractivity contribution < 1.29 is 4.79 Å². The number of anilines is 2. The van der Waals surface area contributed by atoms with Crippen LogP contribution in [0.15, 0.2) is 12.4 Å². The molecule has 2 aromatic rings. The smallest absolute Gasteiger partial charge is 0.305 e. The second kappa shape index (κ2) is 6.06. The number of hydrogen-bond acceptors (Lipinski definition) is 3. The van der Waals surface area contributed by atoms with Gasteiger partial charge in [-0.3, -0.25) is 9.36 Å². The van der Waals surface area contributed by atoms with Crippen LogP contribution in [-0.2, 0) is 6.54 Å². The van der Waals surface area contributed by atoms with E-state index >= 15 is 0 Å². The predicted octanol–water partition coefficient (Wildman–Crippen LogP) is 3.33. The van der Waals surface area contributed by atoms with Gasteiger partial charge in [-0.15, -0.1) is 0 Å². The lowest BCUT2D eigenvalue weighted by atomic mass is 10.2. The molecule has 0 radical (unpaired) electrons. The summed E-state index contributed by atoms with van der Waals surface area (Å²) in [6.45, 7) is 8.82. The van der Waals surface area contributed by atoms with Crippen molar-refractivity contribution in [2.45, 2.75) is 53.1 Å². The van der Waals surface area contributed by atoms with Gasteiger partial charge >= 0.3 is 6.03 Å². The highest BCUT2D eigenvalue weighted by Gasteiger charge is 2.29. The molecule has 1 saturated carbocycles. The van der Waals surface area contributed by atoms with Crippen molar-refractivity contribution in [1.82, 2.24) is 19.6 Å². The van der Waals surface area contributed by atoms with Crippen molar-refractivity contribution in [2.75, 3.05) is 10.6 Å². The zero-order valence-electron chi connectivity index (χ0n) is 14.1. The number of nitrogens with one attached hydrogen (secondary N) is 2. The molecule has 124 valence electrons. The molecule has 1 aliphatic rings. The summed E-state index contributed by atoms with van der Waals surface area (Å²) in [4.78, 5) is 12.2. The lowest BCUT2D eigenvalue weighted by Gasteiger charge is -2.10. The first kappa shape index (κ1) is 15.6. The van der Waals surface area contributed by atoms with E-state index in [1.165, 1.54) is 12.8 Å². The second-order valence-corrected chi connectivity index (χ2v) is 6.23. The van der Waals surface area contributed by atoms with Gasteiger partial charge in [-0.1, -0.05) is 0 Å². The zero-order valence-corrected chi connectivity index (χ0v) is 14.1. The van der Waals surface area contributed by atoms with Gasteiger partial charge in [-0.2, -0.15) is 10.2 Å². The van der Waals surface area contributed by atoms with E-state index in [1.54, 1.807) is 6.20 Å². The molecule has 2 amide bonds. The van der Waals surface area contributed by atoms with Crippen molar-refractivity contribution in [3.8, 4) is 0 Å². The predicted molar refractivity (Wildman–Crippen MR) is 89.7 cm³/mol. The second-order valence-electron chi connectivity index (χ2n) is 6.23.